The van der Waals surface area contributed by atoms with E-state index in [9.17, 15) is 4.79 Å². The van der Waals surface area contributed by atoms with Crippen molar-refractivity contribution in [2.45, 2.75) is 58.8 Å². The van der Waals surface area contributed by atoms with Crippen LogP contribution in [0.5, 0.6) is 0 Å². The number of nitrogens with zero attached hydrogens (tertiary/aromatic N) is 3. The van der Waals surface area contributed by atoms with Gasteiger partial charge in [-0.15, -0.1) is 0 Å². The van der Waals surface area contributed by atoms with Crippen molar-refractivity contribution in [2.24, 2.45) is 5.92 Å². The van der Waals surface area contributed by atoms with Gasteiger partial charge < -0.3 is 15.5 Å². The van der Waals surface area contributed by atoms with Crippen molar-refractivity contribution in [3.05, 3.63) is 71.0 Å². The summed E-state index contributed by atoms with van der Waals surface area (Å²) in [5, 5.41) is 7.29. The highest BCUT2D eigenvalue weighted by Gasteiger charge is 2.23. The van der Waals surface area contributed by atoms with Crippen molar-refractivity contribution in [3.8, 4) is 0 Å². The van der Waals surface area contributed by atoms with Crippen LogP contribution in [0.25, 0.3) is 0 Å². The fourth-order valence-electron chi connectivity index (χ4n) is 4.64. The molecule has 2 heterocycles. The Balaban J connectivity index is 1.26. The highest BCUT2D eigenvalue weighted by Crippen LogP contribution is 2.32. The molecule has 0 bridgehead atoms. The number of para-hydroxylation sites is 1. The van der Waals surface area contributed by atoms with Crippen LogP contribution in [0.1, 0.15) is 74.9 Å². The first-order chi connectivity index (χ1) is 16.9. The lowest BCUT2D eigenvalue weighted by Gasteiger charge is -2.31. The summed E-state index contributed by atoms with van der Waals surface area (Å²) >= 11 is 1.49. The van der Waals surface area contributed by atoms with Crippen LogP contribution in [-0.4, -0.2) is 35.0 Å². The molecule has 4 rings (SSSR count). The summed E-state index contributed by atoms with van der Waals surface area (Å²) in [6, 6.07) is 16.5. The molecule has 2 aromatic carbocycles. The van der Waals surface area contributed by atoms with Gasteiger partial charge in [-0.1, -0.05) is 76.2 Å². The van der Waals surface area contributed by atoms with Crippen molar-refractivity contribution in [3.63, 3.8) is 0 Å². The maximum absolute atomic E-state index is 12.8. The molecule has 6 nitrogen and oxygen atoms in total. The number of carbonyl (C=O) groups is 1. The van der Waals surface area contributed by atoms with Crippen molar-refractivity contribution in [1.29, 1.82) is 0 Å². The number of rotatable bonds is 8. The molecular weight excluding hydrogens is 454 g/mol. The van der Waals surface area contributed by atoms with Crippen LogP contribution < -0.4 is 15.5 Å². The molecule has 2 N–H and O–H groups in total. The second kappa shape index (κ2) is 11.7. The molecule has 1 saturated heterocycles. The average Bonchev–Trinajstić information content (AvgIpc) is 3.32. The van der Waals surface area contributed by atoms with Gasteiger partial charge in [-0.2, -0.15) is 4.37 Å². The minimum absolute atomic E-state index is 0.114. The van der Waals surface area contributed by atoms with Crippen molar-refractivity contribution < 1.29 is 4.79 Å². The lowest BCUT2D eigenvalue weighted by atomic mass is 9.93. The predicted octanol–water partition coefficient (Wildman–Crippen LogP) is 6.41. The third kappa shape index (κ3) is 6.60. The molecule has 2 amide bonds. The summed E-state index contributed by atoms with van der Waals surface area (Å²) in [5.41, 5.74) is 4.57. The first-order valence-electron chi connectivity index (χ1n) is 12.7. The molecule has 0 spiro atoms. The molecule has 0 atom stereocenters. The van der Waals surface area contributed by atoms with Crippen molar-refractivity contribution >= 4 is 28.4 Å². The smallest absolute Gasteiger partial charge is 0.319 e. The number of benzene rings is 2. The summed E-state index contributed by atoms with van der Waals surface area (Å²) in [6.45, 7) is 11.2. The molecule has 35 heavy (non-hydrogen) atoms. The quantitative estimate of drug-likeness (QED) is 0.382. The second-order valence-electron chi connectivity index (χ2n) is 10.0. The Hall–Kier alpha value is -2.93. The van der Waals surface area contributed by atoms with E-state index in [2.05, 4.69) is 77.9 Å². The molecule has 0 radical (unpaired) electrons. The number of hydrogen-bond donors (Lipinski definition) is 2. The number of aromatic nitrogens is 2. The van der Waals surface area contributed by atoms with E-state index in [4.69, 9.17) is 4.98 Å². The Morgan fingerprint density at radius 1 is 1.00 bits per heavy atom. The normalized spacial score (nSPS) is 14.5. The predicted molar refractivity (Wildman–Crippen MR) is 146 cm³/mol. The Morgan fingerprint density at radius 2 is 1.66 bits per heavy atom. The third-order valence-corrected chi connectivity index (χ3v) is 7.53. The van der Waals surface area contributed by atoms with Crippen LogP contribution >= 0.6 is 11.5 Å². The fourth-order valence-corrected chi connectivity index (χ4v) is 5.38. The second-order valence-corrected chi connectivity index (χ2v) is 10.8. The standard InChI is InChI=1S/C28H37N5OS/c1-19(2)23-11-8-12-24(20(3)4)26(23)31-27(34)29-18-22-13-15-33(16-14-22)28-30-25(32-35-28)17-21-9-6-5-7-10-21/h5-12,19-20,22H,13-18H2,1-4H3,(H2,29,31,34). The van der Waals surface area contributed by atoms with Gasteiger partial charge in [0.2, 0.25) is 5.13 Å². The zero-order chi connectivity index (χ0) is 24.8. The van der Waals surface area contributed by atoms with Gasteiger partial charge in [-0.05, 0) is 47.3 Å². The van der Waals surface area contributed by atoms with Gasteiger partial charge in [0, 0.05) is 43.3 Å². The van der Waals surface area contributed by atoms with Crippen LogP contribution in [0.3, 0.4) is 0 Å². The zero-order valence-corrected chi connectivity index (χ0v) is 22.1. The van der Waals surface area contributed by atoms with E-state index in [1.54, 1.807) is 0 Å². The Morgan fingerprint density at radius 3 is 2.29 bits per heavy atom. The summed E-state index contributed by atoms with van der Waals surface area (Å²) in [6.07, 6.45) is 2.84. The topological polar surface area (TPSA) is 70.2 Å². The van der Waals surface area contributed by atoms with E-state index >= 15 is 0 Å². The van der Waals surface area contributed by atoms with Gasteiger partial charge in [-0.3, -0.25) is 0 Å². The number of carbonyl (C=O) groups excluding carboxylic acids is 1. The lowest BCUT2D eigenvalue weighted by Crippen LogP contribution is -2.40. The van der Waals surface area contributed by atoms with Crippen LogP contribution in [0.2, 0.25) is 0 Å². The van der Waals surface area contributed by atoms with Gasteiger partial charge in [0.05, 0.1) is 0 Å². The number of piperidine rings is 1. The number of urea groups is 1. The lowest BCUT2D eigenvalue weighted by molar-refractivity contribution is 0.248. The van der Waals surface area contributed by atoms with E-state index in [-0.39, 0.29) is 6.03 Å². The number of amides is 2. The number of anilines is 2. The van der Waals surface area contributed by atoms with Gasteiger partial charge in [0.15, 0.2) is 0 Å². The van der Waals surface area contributed by atoms with E-state index in [1.807, 2.05) is 18.2 Å². The molecule has 3 aromatic rings. The molecule has 186 valence electrons. The summed E-state index contributed by atoms with van der Waals surface area (Å²) in [5.74, 6) is 2.06. The monoisotopic (exact) mass is 491 g/mol. The third-order valence-electron chi connectivity index (χ3n) is 6.71. The minimum atomic E-state index is -0.114. The van der Waals surface area contributed by atoms with E-state index in [0.29, 0.717) is 24.3 Å². The molecule has 1 aliphatic rings. The average molecular weight is 492 g/mol. The van der Waals surface area contributed by atoms with E-state index in [0.717, 1.165) is 49.0 Å². The molecule has 1 aliphatic heterocycles. The van der Waals surface area contributed by atoms with Crippen molar-refractivity contribution in [1.82, 2.24) is 14.7 Å². The van der Waals surface area contributed by atoms with Crippen LogP contribution in [0.15, 0.2) is 48.5 Å². The van der Waals surface area contributed by atoms with Gasteiger partial charge in [0.1, 0.15) is 5.82 Å². The fraction of sp³-hybridized carbons (Fsp3) is 0.464. The Labute approximate surface area is 213 Å². The van der Waals surface area contributed by atoms with Gasteiger partial charge in [0.25, 0.3) is 0 Å². The summed E-state index contributed by atoms with van der Waals surface area (Å²) in [4.78, 5) is 19.9. The minimum Gasteiger partial charge on any atom is -0.347 e. The summed E-state index contributed by atoms with van der Waals surface area (Å²) < 4.78 is 4.57. The molecule has 0 saturated carbocycles. The van der Waals surface area contributed by atoms with Gasteiger partial charge in [-0.25, -0.2) is 9.78 Å². The SMILES string of the molecule is CC(C)c1cccc(C(C)C)c1NC(=O)NCC1CCN(c2nc(Cc3ccccc3)ns2)CC1. The zero-order valence-electron chi connectivity index (χ0n) is 21.3. The van der Waals surface area contributed by atoms with Crippen LogP contribution in [-0.2, 0) is 6.42 Å². The molecule has 1 aromatic heterocycles. The van der Waals surface area contributed by atoms with Crippen LogP contribution in [0.4, 0.5) is 15.6 Å². The molecular formula is C28H37N5OS. The highest BCUT2D eigenvalue weighted by molar-refractivity contribution is 7.09. The first kappa shape index (κ1) is 25.2. The maximum atomic E-state index is 12.8. The molecule has 0 aliphatic carbocycles. The highest BCUT2D eigenvalue weighted by atomic mass is 32.1. The molecule has 7 heteroatoms. The maximum Gasteiger partial charge on any atom is 0.319 e. The Bertz CT molecular complexity index is 1080. The van der Waals surface area contributed by atoms with E-state index < -0.39 is 0 Å². The molecule has 1 fully saturated rings. The van der Waals surface area contributed by atoms with Crippen molar-refractivity contribution in [2.75, 3.05) is 29.9 Å². The summed E-state index contributed by atoms with van der Waals surface area (Å²) in [7, 11) is 0. The van der Waals surface area contributed by atoms with Crippen LogP contribution in [0, 0.1) is 5.92 Å². The molecule has 0 unspecified atom stereocenters. The number of hydrogen-bond acceptors (Lipinski definition) is 5. The first-order valence-corrected chi connectivity index (χ1v) is 13.5. The largest absolute Gasteiger partial charge is 0.347 e. The Kier molecular flexibility index (Phi) is 8.39. The van der Waals surface area contributed by atoms with Gasteiger partial charge >= 0.3 is 6.03 Å². The number of nitrogens with one attached hydrogen (secondary N) is 2. The van der Waals surface area contributed by atoms with E-state index in [1.165, 1.54) is 28.2 Å².